The van der Waals surface area contributed by atoms with Crippen molar-refractivity contribution in [2.45, 2.75) is 27.7 Å². The molecular weight excluding hydrogens is 377 g/mol. The van der Waals surface area contributed by atoms with Gasteiger partial charge in [0.05, 0.1) is 5.92 Å². The summed E-state index contributed by atoms with van der Waals surface area (Å²) in [6.45, 7) is 11.1. The minimum Gasteiger partial charge on any atom is -0.676 e. The first kappa shape index (κ1) is 20.5. The summed E-state index contributed by atoms with van der Waals surface area (Å²) in [6.07, 6.45) is 0. The Morgan fingerprint density at radius 2 is 1.67 bits per heavy atom. The number of likely N-dealkylation sites (N-methyl/N-ethyl adjacent to an activating group) is 1. The quantitative estimate of drug-likeness (QED) is 0.719. The first-order chi connectivity index (χ1) is 6.49. The minimum atomic E-state index is -0.741. The molecule has 5 heteroatoms. The maximum atomic E-state index is 9.70. The van der Waals surface area contributed by atoms with Crippen molar-refractivity contribution in [3.8, 4) is 0 Å². The number of aliphatic carboxylic acids is 1. The van der Waals surface area contributed by atoms with E-state index in [-0.39, 0.29) is 28.3 Å². The molecule has 0 aromatic rings. The number of rotatable bonds is 5. The summed E-state index contributed by atoms with van der Waals surface area (Å²) in [4.78, 5) is 11.9. The minimum absolute atomic E-state index is 0. The van der Waals surface area contributed by atoms with Crippen molar-refractivity contribution in [3.63, 3.8) is 0 Å². The molecule has 2 N–H and O–H groups in total. The van der Waals surface area contributed by atoms with E-state index in [0.29, 0.717) is 6.54 Å². The van der Waals surface area contributed by atoms with Crippen LogP contribution in [-0.2, 0) is 27.2 Å². The van der Waals surface area contributed by atoms with Crippen LogP contribution < -0.4 is 0 Å². The van der Waals surface area contributed by atoms with Crippen molar-refractivity contribution in [3.05, 3.63) is 5.73 Å². The maximum Gasteiger partial charge on any atom is 0.305 e. The molecule has 0 aliphatic carbocycles. The third-order valence-electron chi connectivity index (χ3n) is 1.82. The molecule has 0 unspecified atom stereocenters. The van der Waals surface area contributed by atoms with Crippen molar-refractivity contribution >= 4 is 5.97 Å². The fourth-order valence-electron chi connectivity index (χ4n) is 0.698. The second-order valence-corrected chi connectivity index (χ2v) is 3.27. The largest absolute Gasteiger partial charge is 0.676 e. The van der Waals surface area contributed by atoms with Crippen LogP contribution in [0.2, 0.25) is 0 Å². The third-order valence-corrected chi connectivity index (χ3v) is 1.82. The van der Waals surface area contributed by atoms with Crippen LogP contribution in [0.4, 0.5) is 0 Å². The normalized spacial score (nSPS) is 9.27. The second kappa shape index (κ2) is 14.1. The average Bonchev–Trinajstić information content (AvgIpc) is 2.15. The Bertz CT molecular complexity index is 139. The molecule has 4 nitrogen and oxygen atoms in total. The zero-order valence-corrected chi connectivity index (χ0v) is 12.2. The van der Waals surface area contributed by atoms with Crippen LogP contribution in [0.15, 0.2) is 0 Å². The Morgan fingerprint density at radius 1 is 1.33 bits per heavy atom. The van der Waals surface area contributed by atoms with Crippen LogP contribution in [0, 0.1) is 5.92 Å². The van der Waals surface area contributed by atoms with Gasteiger partial charge in [0.2, 0.25) is 0 Å². The molecule has 0 rings (SSSR count). The summed E-state index contributed by atoms with van der Waals surface area (Å²) in [5, 5.41) is 7.99. The predicted molar refractivity (Wildman–Crippen MR) is 59.5 cm³/mol. The molecule has 0 aliphatic heterocycles. The molecule has 0 spiro atoms. The zero-order valence-electron chi connectivity index (χ0n) is 10.0. The summed E-state index contributed by atoms with van der Waals surface area (Å²) >= 11 is 0. The second-order valence-electron chi connectivity index (χ2n) is 3.27. The average molecular weight is 400 g/mol. The Balaban J connectivity index is -0.000000187. The van der Waals surface area contributed by atoms with E-state index in [9.17, 15) is 4.79 Å². The Labute approximate surface area is 109 Å². The van der Waals surface area contributed by atoms with E-state index in [2.05, 4.69) is 18.7 Å². The van der Waals surface area contributed by atoms with Crippen molar-refractivity contribution in [1.82, 2.24) is 4.90 Å². The van der Waals surface area contributed by atoms with Gasteiger partial charge in [0.15, 0.2) is 0 Å². The van der Waals surface area contributed by atoms with Crippen LogP contribution in [-0.4, -0.2) is 42.2 Å². The Kier molecular flexibility index (Phi) is 19.3. The number of carboxylic acids is 1. The number of carboxylic acid groups (broad SMARTS) is 1. The van der Waals surface area contributed by atoms with Crippen molar-refractivity contribution < 1.29 is 32.3 Å². The smallest absolute Gasteiger partial charge is 0.305 e. The first-order valence-electron chi connectivity index (χ1n) is 5.09. The van der Waals surface area contributed by atoms with Gasteiger partial charge in [0.1, 0.15) is 0 Å². The van der Waals surface area contributed by atoms with Gasteiger partial charge in [-0.1, -0.05) is 27.7 Å². The molecule has 0 saturated carbocycles. The molecule has 0 atom stereocenters. The molecule has 1 radical (unpaired) electrons. The summed E-state index contributed by atoms with van der Waals surface area (Å²) in [5.41, 5.74) is 6.90. The molecule has 15 heavy (non-hydrogen) atoms. The van der Waals surface area contributed by atoms with E-state index in [1.165, 1.54) is 0 Å². The summed E-state index contributed by atoms with van der Waals surface area (Å²) in [7, 11) is 0. The number of carbonyl (C=O) groups is 1. The van der Waals surface area contributed by atoms with Crippen LogP contribution in [0.1, 0.15) is 27.7 Å². The van der Waals surface area contributed by atoms with E-state index in [1.807, 2.05) is 0 Å². The van der Waals surface area contributed by atoms with E-state index in [1.54, 1.807) is 13.8 Å². The number of nitrogens with one attached hydrogen (secondary N) is 1. The van der Waals surface area contributed by atoms with Crippen molar-refractivity contribution in [2.24, 2.45) is 5.92 Å². The van der Waals surface area contributed by atoms with Gasteiger partial charge in [-0.2, -0.15) is 0 Å². The Morgan fingerprint density at radius 3 is 1.73 bits per heavy atom. The van der Waals surface area contributed by atoms with Gasteiger partial charge in [0.25, 0.3) is 0 Å². The van der Waals surface area contributed by atoms with Gasteiger partial charge >= 0.3 is 5.97 Å². The molecule has 0 saturated heterocycles. The third kappa shape index (κ3) is 16.8. The molecule has 0 aliphatic rings. The monoisotopic (exact) mass is 400 g/mol. The van der Waals surface area contributed by atoms with Gasteiger partial charge < -0.3 is 15.7 Å². The first-order valence-corrected chi connectivity index (χ1v) is 5.09. The van der Waals surface area contributed by atoms with Gasteiger partial charge in [-0.3, -0.25) is 4.79 Å². The number of nitrogens with zero attached hydrogens (tertiary/aromatic N) is 1. The van der Waals surface area contributed by atoms with Crippen molar-refractivity contribution in [2.75, 3.05) is 26.2 Å². The van der Waals surface area contributed by atoms with Crippen LogP contribution in [0.5, 0.6) is 0 Å². The summed E-state index contributed by atoms with van der Waals surface area (Å²) in [6, 6.07) is 0. The molecule has 0 heterocycles. The molecular formula is C10H23AuN2O2-. The zero-order chi connectivity index (χ0) is 11.6. The molecule has 0 fully saturated rings. The SMILES string of the molecule is CC(C)C(=O)O.CCN(CC)CC[NH-].[Au]. The van der Waals surface area contributed by atoms with Crippen molar-refractivity contribution in [1.29, 1.82) is 0 Å². The van der Waals surface area contributed by atoms with E-state index < -0.39 is 5.97 Å². The fourth-order valence-corrected chi connectivity index (χ4v) is 0.698. The van der Waals surface area contributed by atoms with Crippen LogP contribution in [0.25, 0.3) is 5.73 Å². The molecule has 0 aromatic carbocycles. The van der Waals surface area contributed by atoms with Crippen LogP contribution in [0.3, 0.4) is 0 Å². The van der Waals surface area contributed by atoms with E-state index in [0.717, 1.165) is 19.6 Å². The fraction of sp³-hybridized carbons (Fsp3) is 0.900. The van der Waals surface area contributed by atoms with E-state index in [4.69, 9.17) is 10.8 Å². The van der Waals surface area contributed by atoms with Crippen LogP contribution >= 0.6 is 0 Å². The number of hydrogen-bond acceptors (Lipinski definition) is 2. The molecule has 0 amide bonds. The predicted octanol–water partition coefficient (Wildman–Crippen LogP) is 2.10. The molecule has 97 valence electrons. The van der Waals surface area contributed by atoms with Gasteiger partial charge in [0, 0.05) is 22.4 Å². The van der Waals surface area contributed by atoms with E-state index >= 15 is 0 Å². The standard InChI is InChI=1S/C6H15N2.C4H8O2.Au/c1-3-8(4-2)6-5-7;1-3(2)4(5)6;/h7H,3-6H2,1-2H3;3H,1-2H3,(H,5,6);/q-1;;. The Hall–Kier alpha value is 0.130. The summed E-state index contributed by atoms with van der Waals surface area (Å²) in [5.74, 6) is -0.972. The molecule has 0 aromatic heterocycles. The van der Waals surface area contributed by atoms with Gasteiger partial charge in [-0.15, -0.1) is 6.54 Å². The topological polar surface area (TPSA) is 64.3 Å². The molecule has 0 bridgehead atoms. The maximum absolute atomic E-state index is 9.70. The number of hydrogen-bond donors (Lipinski definition) is 1. The van der Waals surface area contributed by atoms with Gasteiger partial charge in [-0.25, -0.2) is 0 Å². The van der Waals surface area contributed by atoms with Gasteiger partial charge in [-0.05, 0) is 19.6 Å². The summed E-state index contributed by atoms with van der Waals surface area (Å²) < 4.78 is 0.